The van der Waals surface area contributed by atoms with Crippen LogP contribution in [0.1, 0.15) is 5.69 Å². The summed E-state index contributed by atoms with van der Waals surface area (Å²) in [6, 6.07) is 1.68. The quantitative estimate of drug-likeness (QED) is 0.598. The highest BCUT2D eigenvalue weighted by Gasteiger charge is 1.93. The fourth-order valence-electron chi connectivity index (χ4n) is 0.521. The van der Waals surface area contributed by atoms with E-state index in [2.05, 4.69) is 4.98 Å². The molecule has 0 aliphatic carbocycles. The van der Waals surface area contributed by atoms with Crippen molar-refractivity contribution in [1.82, 2.24) is 4.98 Å². The van der Waals surface area contributed by atoms with Gasteiger partial charge in [0.2, 0.25) is 0 Å². The first-order chi connectivity index (χ1) is 4.20. The summed E-state index contributed by atoms with van der Waals surface area (Å²) in [5, 5.41) is 0.620. The molecule has 0 aromatic carbocycles. The van der Waals surface area contributed by atoms with Gasteiger partial charge in [-0.2, -0.15) is 0 Å². The molecule has 1 rings (SSSR count). The van der Waals surface area contributed by atoms with Gasteiger partial charge < -0.3 is 5.73 Å². The molecule has 1 aromatic heterocycles. The molecule has 0 radical (unpaired) electrons. The van der Waals surface area contributed by atoms with Gasteiger partial charge in [-0.15, -0.1) is 0 Å². The van der Waals surface area contributed by atoms with Crippen LogP contribution in [0.4, 0.5) is 5.69 Å². The van der Waals surface area contributed by atoms with E-state index in [9.17, 15) is 0 Å². The van der Waals surface area contributed by atoms with Gasteiger partial charge in [-0.05, 0) is 13.0 Å². The van der Waals surface area contributed by atoms with E-state index in [1.54, 1.807) is 12.3 Å². The van der Waals surface area contributed by atoms with E-state index >= 15 is 0 Å². The Kier molecular flexibility index (Phi) is 1.58. The van der Waals surface area contributed by atoms with E-state index in [1.807, 2.05) is 6.92 Å². The topological polar surface area (TPSA) is 38.9 Å². The Morgan fingerprint density at radius 1 is 1.67 bits per heavy atom. The Hall–Kier alpha value is -0.760. The van der Waals surface area contributed by atoms with E-state index < -0.39 is 0 Å². The molecule has 3 heteroatoms. The van der Waals surface area contributed by atoms with E-state index in [0.717, 1.165) is 5.69 Å². The normalized spacial score (nSPS) is 9.56. The van der Waals surface area contributed by atoms with Gasteiger partial charge in [0, 0.05) is 0 Å². The Morgan fingerprint density at radius 2 is 2.33 bits per heavy atom. The number of aryl methyl sites for hydroxylation is 1. The molecule has 1 aromatic rings. The summed E-state index contributed by atoms with van der Waals surface area (Å²) in [6.45, 7) is 1.84. The maximum absolute atomic E-state index is 5.67. The lowest BCUT2D eigenvalue weighted by Crippen LogP contribution is -1.88. The van der Waals surface area contributed by atoms with Gasteiger partial charge in [-0.1, -0.05) is 11.6 Å². The van der Waals surface area contributed by atoms with Crippen LogP contribution in [-0.2, 0) is 0 Å². The lowest BCUT2D eigenvalue weighted by atomic mass is 10.3. The van der Waals surface area contributed by atoms with Crippen molar-refractivity contribution < 1.29 is 0 Å². The van der Waals surface area contributed by atoms with Gasteiger partial charge in [0.05, 0.1) is 22.6 Å². The number of pyridine rings is 1. The molecule has 0 aliphatic heterocycles. The molecule has 0 amide bonds. The van der Waals surface area contributed by atoms with E-state index in [1.165, 1.54) is 0 Å². The molecule has 0 aliphatic rings. The van der Waals surface area contributed by atoms with E-state index in [0.29, 0.717) is 10.7 Å². The SMILES string of the molecule is Cc1ncc(N)cc1Cl. The van der Waals surface area contributed by atoms with Crippen LogP contribution in [0.25, 0.3) is 0 Å². The Labute approximate surface area is 58.7 Å². The summed E-state index contributed by atoms with van der Waals surface area (Å²) < 4.78 is 0. The second-order valence-corrected chi connectivity index (χ2v) is 2.24. The predicted molar refractivity (Wildman–Crippen MR) is 38.4 cm³/mol. The summed E-state index contributed by atoms with van der Waals surface area (Å²) >= 11 is 5.67. The zero-order valence-corrected chi connectivity index (χ0v) is 5.81. The van der Waals surface area contributed by atoms with Crippen LogP contribution in [0.5, 0.6) is 0 Å². The molecule has 0 spiro atoms. The fourth-order valence-corrected chi connectivity index (χ4v) is 0.696. The van der Waals surface area contributed by atoms with Crippen LogP contribution in [0.3, 0.4) is 0 Å². The summed E-state index contributed by atoms with van der Waals surface area (Å²) in [5.74, 6) is 0. The number of anilines is 1. The number of hydrogen-bond acceptors (Lipinski definition) is 2. The maximum atomic E-state index is 5.67. The molecule has 0 atom stereocenters. The number of rotatable bonds is 0. The molecule has 0 bridgehead atoms. The van der Waals surface area contributed by atoms with Gasteiger partial charge >= 0.3 is 0 Å². The van der Waals surface area contributed by atoms with Crippen molar-refractivity contribution in [1.29, 1.82) is 0 Å². The first-order valence-electron chi connectivity index (χ1n) is 2.58. The van der Waals surface area contributed by atoms with Gasteiger partial charge in [0.25, 0.3) is 0 Å². The highest BCUT2D eigenvalue weighted by atomic mass is 35.5. The van der Waals surface area contributed by atoms with Crippen molar-refractivity contribution >= 4 is 17.3 Å². The number of aromatic nitrogens is 1. The fraction of sp³-hybridized carbons (Fsp3) is 0.167. The van der Waals surface area contributed by atoms with E-state index in [-0.39, 0.29) is 0 Å². The summed E-state index contributed by atoms with van der Waals surface area (Å²) in [5.41, 5.74) is 6.79. The summed E-state index contributed by atoms with van der Waals surface area (Å²) in [6.07, 6.45) is 1.58. The summed E-state index contributed by atoms with van der Waals surface area (Å²) in [4.78, 5) is 3.92. The monoisotopic (exact) mass is 142 g/mol. The van der Waals surface area contributed by atoms with Crippen LogP contribution in [0.15, 0.2) is 12.3 Å². The summed E-state index contributed by atoms with van der Waals surface area (Å²) in [7, 11) is 0. The molecule has 1 heterocycles. The number of nitrogen functional groups attached to an aromatic ring is 1. The van der Waals surface area contributed by atoms with Gasteiger partial charge in [0.15, 0.2) is 0 Å². The Morgan fingerprint density at radius 3 is 2.78 bits per heavy atom. The third-order valence-electron chi connectivity index (χ3n) is 1.05. The Bertz CT molecular complexity index is 222. The molecular formula is C6H7ClN2. The van der Waals surface area contributed by atoms with Crippen molar-refractivity contribution in [3.63, 3.8) is 0 Å². The zero-order chi connectivity index (χ0) is 6.85. The second-order valence-electron chi connectivity index (χ2n) is 1.84. The molecule has 9 heavy (non-hydrogen) atoms. The van der Waals surface area contributed by atoms with Crippen LogP contribution in [-0.4, -0.2) is 4.98 Å². The van der Waals surface area contributed by atoms with Crippen LogP contribution >= 0.6 is 11.6 Å². The molecule has 2 nitrogen and oxygen atoms in total. The average molecular weight is 143 g/mol. The van der Waals surface area contributed by atoms with Gasteiger partial charge in [-0.3, -0.25) is 4.98 Å². The van der Waals surface area contributed by atoms with E-state index in [4.69, 9.17) is 17.3 Å². The molecular weight excluding hydrogens is 136 g/mol. The molecule has 2 N–H and O–H groups in total. The second kappa shape index (κ2) is 2.23. The van der Waals surface area contributed by atoms with Crippen LogP contribution < -0.4 is 5.73 Å². The molecule has 0 unspecified atom stereocenters. The lowest BCUT2D eigenvalue weighted by Gasteiger charge is -1.95. The van der Waals surface area contributed by atoms with Gasteiger partial charge in [-0.25, -0.2) is 0 Å². The van der Waals surface area contributed by atoms with Crippen LogP contribution in [0.2, 0.25) is 5.02 Å². The van der Waals surface area contributed by atoms with Crippen molar-refractivity contribution in [2.24, 2.45) is 0 Å². The molecule has 48 valence electrons. The Balaban J connectivity index is 3.17. The first-order valence-corrected chi connectivity index (χ1v) is 2.95. The highest BCUT2D eigenvalue weighted by Crippen LogP contribution is 2.14. The number of halogens is 1. The number of nitrogens with two attached hydrogens (primary N) is 1. The third kappa shape index (κ3) is 1.33. The lowest BCUT2D eigenvalue weighted by molar-refractivity contribution is 1.20. The van der Waals surface area contributed by atoms with Crippen LogP contribution in [0, 0.1) is 6.92 Å². The minimum atomic E-state index is 0.602. The zero-order valence-electron chi connectivity index (χ0n) is 5.06. The number of hydrogen-bond donors (Lipinski definition) is 1. The predicted octanol–water partition coefficient (Wildman–Crippen LogP) is 1.63. The molecule has 0 saturated carbocycles. The minimum Gasteiger partial charge on any atom is -0.397 e. The van der Waals surface area contributed by atoms with Gasteiger partial charge in [0.1, 0.15) is 0 Å². The average Bonchev–Trinajstić information content (AvgIpc) is 1.80. The largest absolute Gasteiger partial charge is 0.397 e. The number of nitrogens with zero attached hydrogens (tertiary/aromatic N) is 1. The van der Waals surface area contributed by atoms with Crippen molar-refractivity contribution in [3.8, 4) is 0 Å². The standard InChI is InChI=1S/C6H7ClN2/c1-4-6(7)2-5(8)3-9-4/h2-3H,8H2,1H3. The minimum absolute atomic E-state index is 0.602. The highest BCUT2D eigenvalue weighted by molar-refractivity contribution is 6.31. The first kappa shape index (κ1) is 6.36. The molecule has 0 fully saturated rings. The van der Waals surface area contributed by atoms with Crippen molar-refractivity contribution in [2.45, 2.75) is 6.92 Å². The smallest absolute Gasteiger partial charge is 0.0639 e. The van der Waals surface area contributed by atoms with Crippen molar-refractivity contribution in [2.75, 3.05) is 5.73 Å². The third-order valence-corrected chi connectivity index (χ3v) is 1.43. The van der Waals surface area contributed by atoms with Crippen molar-refractivity contribution in [3.05, 3.63) is 23.0 Å². The maximum Gasteiger partial charge on any atom is 0.0639 e. The molecule has 0 saturated heterocycles.